The molecule has 0 spiro atoms. The highest BCUT2D eigenvalue weighted by Gasteiger charge is 2.28. The molecule has 2 aromatic carbocycles. The lowest BCUT2D eigenvalue weighted by Gasteiger charge is -2.14. The lowest BCUT2D eigenvalue weighted by Crippen LogP contribution is -2.28. The largest absolute Gasteiger partial charge is 0.491 e. The van der Waals surface area contributed by atoms with Crippen molar-refractivity contribution in [3.63, 3.8) is 0 Å². The minimum absolute atomic E-state index is 0.149. The van der Waals surface area contributed by atoms with E-state index in [1.807, 2.05) is 0 Å². The van der Waals surface area contributed by atoms with Crippen molar-refractivity contribution in [1.82, 2.24) is 0 Å². The van der Waals surface area contributed by atoms with Gasteiger partial charge in [0.05, 0.1) is 18.1 Å². The molecule has 7 nitrogen and oxygen atoms in total. The third-order valence-electron chi connectivity index (χ3n) is 4.01. The second-order valence-electron chi connectivity index (χ2n) is 5.79. The molecule has 0 bridgehead atoms. The number of hydrogen-bond acceptors (Lipinski definition) is 6. The summed E-state index contributed by atoms with van der Waals surface area (Å²) in [5, 5.41) is 9.77. The molecule has 25 heavy (non-hydrogen) atoms. The lowest BCUT2D eigenvalue weighted by atomic mass is 9.79. The Morgan fingerprint density at radius 1 is 1.32 bits per heavy atom. The summed E-state index contributed by atoms with van der Waals surface area (Å²) in [7, 11) is -3.29. The molecule has 2 aromatic rings. The van der Waals surface area contributed by atoms with Gasteiger partial charge >= 0.3 is 7.12 Å². The van der Waals surface area contributed by atoms with E-state index in [2.05, 4.69) is 4.72 Å². The topological polar surface area (TPSA) is 111 Å². The van der Waals surface area contributed by atoms with Crippen molar-refractivity contribution < 1.29 is 22.8 Å². The molecule has 0 unspecified atom stereocenters. The van der Waals surface area contributed by atoms with Crippen molar-refractivity contribution in [3.8, 4) is 0 Å². The van der Waals surface area contributed by atoms with Crippen molar-refractivity contribution >= 4 is 34.0 Å². The van der Waals surface area contributed by atoms with Crippen LogP contribution in [0.25, 0.3) is 0 Å². The standard InChI is InChI=1S/C16H19BN2O5S/c1-23-7-6-11-8-13(18)3-5-16(11)25(21,22)19-14-4-2-12-10-24-17(20)15(12)9-14/h2-5,8-9,19-20H,6-7,10,18H2,1H3. The van der Waals surface area contributed by atoms with E-state index in [4.69, 9.17) is 15.1 Å². The maximum atomic E-state index is 12.8. The Bertz CT molecular complexity index is 888. The summed E-state index contributed by atoms with van der Waals surface area (Å²) in [4.78, 5) is 0.149. The number of hydrogen-bond donors (Lipinski definition) is 3. The molecule has 0 saturated heterocycles. The zero-order valence-electron chi connectivity index (χ0n) is 13.7. The molecule has 0 fully saturated rings. The maximum absolute atomic E-state index is 12.8. The van der Waals surface area contributed by atoms with Crippen LogP contribution in [0.3, 0.4) is 0 Å². The van der Waals surface area contributed by atoms with Crippen LogP contribution in [0.1, 0.15) is 11.1 Å². The van der Waals surface area contributed by atoms with Crippen LogP contribution in [0, 0.1) is 0 Å². The molecule has 0 aliphatic carbocycles. The summed E-state index contributed by atoms with van der Waals surface area (Å²) in [6, 6.07) is 9.62. The van der Waals surface area contributed by atoms with Crippen molar-refractivity contribution in [2.24, 2.45) is 0 Å². The number of nitrogens with one attached hydrogen (secondary N) is 1. The van der Waals surface area contributed by atoms with E-state index >= 15 is 0 Å². The lowest BCUT2D eigenvalue weighted by molar-refractivity contribution is 0.202. The first kappa shape index (κ1) is 17.7. The third kappa shape index (κ3) is 3.79. The van der Waals surface area contributed by atoms with Crippen LogP contribution in [0.5, 0.6) is 0 Å². The fraction of sp³-hybridized carbons (Fsp3) is 0.250. The molecule has 4 N–H and O–H groups in total. The van der Waals surface area contributed by atoms with E-state index < -0.39 is 17.1 Å². The van der Waals surface area contributed by atoms with E-state index in [0.717, 1.165) is 5.56 Å². The second-order valence-corrected chi connectivity index (χ2v) is 7.44. The molecule has 1 heterocycles. The number of ether oxygens (including phenoxy) is 1. The highest BCUT2D eigenvalue weighted by molar-refractivity contribution is 7.92. The van der Waals surface area contributed by atoms with Crippen LogP contribution >= 0.6 is 0 Å². The van der Waals surface area contributed by atoms with Gasteiger partial charge in [0.1, 0.15) is 0 Å². The number of methoxy groups -OCH3 is 1. The summed E-state index contributed by atoms with van der Waals surface area (Å²) in [5.74, 6) is 0. The average molecular weight is 362 g/mol. The molecule has 132 valence electrons. The van der Waals surface area contributed by atoms with Gasteiger partial charge in [-0.3, -0.25) is 4.72 Å². The summed E-state index contributed by atoms with van der Waals surface area (Å²) < 4.78 is 38.3. The first-order valence-electron chi connectivity index (χ1n) is 7.73. The van der Waals surface area contributed by atoms with E-state index in [9.17, 15) is 13.4 Å². The minimum Gasteiger partial charge on any atom is -0.423 e. The quantitative estimate of drug-likeness (QED) is 0.509. The predicted octanol–water partition coefficient (Wildman–Crippen LogP) is 0.476. The normalized spacial score (nSPS) is 13.8. The number of rotatable bonds is 6. The fourth-order valence-corrected chi connectivity index (χ4v) is 4.06. The smallest absolute Gasteiger partial charge is 0.423 e. The first-order valence-corrected chi connectivity index (χ1v) is 9.21. The van der Waals surface area contributed by atoms with Crippen LogP contribution in [0.15, 0.2) is 41.3 Å². The molecule has 0 saturated carbocycles. The maximum Gasteiger partial charge on any atom is 0.491 e. The van der Waals surface area contributed by atoms with Gasteiger partial charge in [-0.1, -0.05) is 6.07 Å². The monoisotopic (exact) mass is 362 g/mol. The number of nitrogens with two attached hydrogens (primary N) is 1. The molecule has 1 aliphatic rings. The Morgan fingerprint density at radius 3 is 2.88 bits per heavy atom. The molecule has 1 aliphatic heterocycles. The Morgan fingerprint density at radius 2 is 2.12 bits per heavy atom. The van der Waals surface area contributed by atoms with Gasteiger partial charge in [-0.15, -0.1) is 0 Å². The Balaban J connectivity index is 1.91. The summed E-state index contributed by atoms with van der Waals surface area (Å²) in [5.41, 5.74) is 8.61. The fourth-order valence-electron chi connectivity index (χ4n) is 2.76. The van der Waals surface area contributed by atoms with E-state index in [1.54, 1.807) is 37.4 Å². The van der Waals surface area contributed by atoms with Crippen molar-refractivity contribution in [2.75, 3.05) is 24.2 Å². The molecule has 3 rings (SSSR count). The number of fused-ring (bicyclic) bond motifs is 1. The SMILES string of the molecule is COCCc1cc(N)ccc1S(=O)(=O)Nc1ccc2c(c1)B(O)OC2. The van der Waals surface area contributed by atoms with Gasteiger partial charge in [0.25, 0.3) is 10.0 Å². The van der Waals surface area contributed by atoms with Gasteiger partial charge in [-0.25, -0.2) is 8.42 Å². The number of benzene rings is 2. The summed E-state index contributed by atoms with van der Waals surface area (Å²) in [6.45, 7) is 0.691. The zero-order chi connectivity index (χ0) is 18.0. The molecular weight excluding hydrogens is 343 g/mol. The van der Waals surface area contributed by atoms with Crippen molar-refractivity contribution in [1.29, 1.82) is 0 Å². The molecule has 9 heteroatoms. The van der Waals surface area contributed by atoms with Gasteiger partial charge in [-0.2, -0.15) is 0 Å². The van der Waals surface area contributed by atoms with E-state index in [0.29, 0.717) is 42.0 Å². The van der Waals surface area contributed by atoms with E-state index in [1.165, 1.54) is 6.07 Å². The molecular formula is C16H19BN2O5S. The Kier molecular flexibility index (Phi) is 5.00. The molecule has 0 amide bonds. The minimum atomic E-state index is -3.81. The van der Waals surface area contributed by atoms with Crippen LogP contribution in [0.2, 0.25) is 0 Å². The Labute approximate surface area is 147 Å². The first-order chi connectivity index (χ1) is 11.9. The average Bonchev–Trinajstić information content (AvgIpc) is 2.93. The number of anilines is 2. The van der Waals surface area contributed by atoms with Crippen LogP contribution in [-0.4, -0.2) is 34.3 Å². The van der Waals surface area contributed by atoms with Gasteiger partial charge in [0, 0.05) is 18.5 Å². The van der Waals surface area contributed by atoms with Crippen LogP contribution in [-0.2, 0) is 32.4 Å². The number of sulfonamides is 1. The zero-order valence-corrected chi connectivity index (χ0v) is 14.5. The van der Waals surface area contributed by atoms with Gasteiger partial charge in [0.2, 0.25) is 0 Å². The van der Waals surface area contributed by atoms with Gasteiger partial charge in [-0.05, 0) is 53.3 Å². The highest BCUT2D eigenvalue weighted by Crippen LogP contribution is 2.23. The molecule has 0 atom stereocenters. The van der Waals surface area contributed by atoms with Crippen molar-refractivity contribution in [3.05, 3.63) is 47.5 Å². The predicted molar refractivity (Wildman–Crippen MR) is 96.1 cm³/mol. The number of nitrogen functional groups attached to an aromatic ring is 1. The van der Waals surface area contributed by atoms with Gasteiger partial charge < -0.3 is 20.1 Å². The summed E-state index contributed by atoms with van der Waals surface area (Å²) in [6.07, 6.45) is 0.425. The third-order valence-corrected chi connectivity index (χ3v) is 5.49. The van der Waals surface area contributed by atoms with Gasteiger partial charge in [0.15, 0.2) is 0 Å². The highest BCUT2D eigenvalue weighted by atomic mass is 32.2. The molecule has 0 aromatic heterocycles. The van der Waals surface area contributed by atoms with Crippen LogP contribution < -0.4 is 15.9 Å². The molecule has 0 radical (unpaired) electrons. The second kappa shape index (κ2) is 7.05. The van der Waals surface area contributed by atoms with Crippen LogP contribution in [0.4, 0.5) is 11.4 Å². The Hall–Kier alpha value is -2.07. The van der Waals surface area contributed by atoms with Crippen molar-refractivity contribution in [2.45, 2.75) is 17.9 Å². The summed E-state index contributed by atoms with van der Waals surface area (Å²) >= 11 is 0. The van der Waals surface area contributed by atoms with E-state index in [-0.39, 0.29) is 4.90 Å².